The van der Waals surface area contributed by atoms with Crippen molar-refractivity contribution in [3.8, 4) is 0 Å². The number of anilines is 1. The number of aliphatic hydroxyl groups is 1. The molecule has 1 aliphatic heterocycles. The molecule has 0 radical (unpaired) electrons. The Kier molecular flexibility index (Phi) is 3.17. The Morgan fingerprint density at radius 2 is 1.81 bits per heavy atom. The largest absolute Gasteiger partial charge is 0.394 e. The van der Waals surface area contributed by atoms with Crippen LogP contribution < -0.4 is 10.6 Å². The van der Waals surface area contributed by atoms with Crippen molar-refractivity contribution in [1.82, 2.24) is 0 Å². The van der Waals surface area contributed by atoms with Gasteiger partial charge < -0.3 is 15.7 Å². The molecule has 0 amide bonds. The summed E-state index contributed by atoms with van der Waals surface area (Å²) in [7, 11) is 0. The molecule has 1 unspecified atom stereocenters. The van der Waals surface area contributed by atoms with Gasteiger partial charge in [0.05, 0.1) is 12.1 Å². The molecule has 0 aliphatic carbocycles. The van der Waals surface area contributed by atoms with Gasteiger partial charge in [-0.25, -0.2) is 0 Å². The monoisotopic (exact) mass is 220 g/mol. The highest BCUT2D eigenvalue weighted by Gasteiger charge is 2.20. The lowest BCUT2D eigenvalue weighted by molar-refractivity contribution is 0.210. The molecule has 0 spiro atoms. The first kappa shape index (κ1) is 11.4. The molecule has 16 heavy (non-hydrogen) atoms. The summed E-state index contributed by atoms with van der Waals surface area (Å²) < 4.78 is 0. The number of nitrogens with two attached hydrogens (primary N) is 1. The van der Waals surface area contributed by atoms with Crippen LogP contribution in [0.5, 0.6) is 0 Å². The maximum Gasteiger partial charge on any atom is 0.0650 e. The second-order valence-corrected chi connectivity index (χ2v) is 4.82. The Bertz CT molecular complexity index is 339. The van der Waals surface area contributed by atoms with E-state index in [9.17, 15) is 5.11 Å². The van der Waals surface area contributed by atoms with Crippen LogP contribution in [0.3, 0.4) is 0 Å². The summed E-state index contributed by atoms with van der Waals surface area (Å²) in [6.45, 7) is 4.12. The van der Waals surface area contributed by atoms with Gasteiger partial charge in [-0.2, -0.15) is 0 Å². The maximum atomic E-state index is 9.19. The average Bonchev–Trinajstić information content (AvgIpc) is 2.83. The summed E-state index contributed by atoms with van der Waals surface area (Å²) in [6, 6.07) is 8.23. The molecule has 3 nitrogen and oxygen atoms in total. The molecule has 2 rings (SSSR count). The number of hydrogen-bond donors (Lipinski definition) is 2. The van der Waals surface area contributed by atoms with Crippen LogP contribution >= 0.6 is 0 Å². The molecule has 0 bridgehead atoms. The molecular formula is C13H20N2O. The maximum absolute atomic E-state index is 9.19. The SMILES string of the molecule is CC(N)(CO)c1ccc(N2CCCC2)cc1. The van der Waals surface area contributed by atoms with E-state index < -0.39 is 5.54 Å². The van der Waals surface area contributed by atoms with Crippen LogP contribution in [0, 0.1) is 0 Å². The first-order valence-electron chi connectivity index (χ1n) is 5.89. The van der Waals surface area contributed by atoms with Gasteiger partial charge in [-0.05, 0) is 37.5 Å². The van der Waals surface area contributed by atoms with Crippen molar-refractivity contribution < 1.29 is 5.11 Å². The van der Waals surface area contributed by atoms with Crippen molar-refractivity contribution in [3.05, 3.63) is 29.8 Å². The van der Waals surface area contributed by atoms with E-state index in [1.807, 2.05) is 19.1 Å². The average molecular weight is 220 g/mol. The third-order valence-electron chi connectivity index (χ3n) is 3.33. The Morgan fingerprint density at radius 3 is 2.31 bits per heavy atom. The molecule has 0 aromatic heterocycles. The number of rotatable bonds is 3. The number of aliphatic hydroxyl groups excluding tert-OH is 1. The fraction of sp³-hybridized carbons (Fsp3) is 0.538. The Labute approximate surface area is 96.9 Å². The molecule has 1 heterocycles. The van der Waals surface area contributed by atoms with E-state index in [1.54, 1.807) is 0 Å². The Morgan fingerprint density at radius 1 is 1.25 bits per heavy atom. The first-order chi connectivity index (χ1) is 7.63. The molecule has 3 heteroatoms. The minimum atomic E-state index is -0.635. The van der Waals surface area contributed by atoms with Gasteiger partial charge >= 0.3 is 0 Å². The van der Waals surface area contributed by atoms with E-state index >= 15 is 0 Å². The highest BCUT2D eigenvalue weighted by atomic mass is 16.3. The molecular weight excluding hydrogens is 200 g/mol. The molecule has 88 valence electrons. The van der Waals surface area contributed by atoms with Crippen LogP contribution in [0.25, 0.3) is 0 Å². The van der Waals surface area contributed by atoms with E-state index in [-0.39, 0.29) is 6.61 Å². The molecule has 3 N–H and O–H groups in total. The third-order valence-corrected chi connectivity index (χ3v) is 3.33. The molecule has 1 saturated heterocycles. The number of hydrogen-bond acceptors (Lipinski definition) is 3. The highest BCUT2D eigenvalue weighted by Crippen LogP contribution is 2.24. The second kappa shape index (κ2) is 4.44. The van der Waals surface area contributed by atoms with Gasteiger partial charge in [-0.1, -0.05) is 12.1 Å². The minimum Gasteiger partial charge on any atom is -0.394 e. The summed E-state index contributed by atoms with van der Waals surface area (Å²) >= 11 is 0. The van der Waals surface area contributed by atoms with Gasteiger partial charge in [0.25, 0.3) is 0 Å². The van der Waals surface area contributed by atoms with Gasteiger partial charge in [-0.3, -0.25) is 0 Å². The normalized spacial score (nSPS) is 19.8. The summed E-state index contributed by atoms with van der Waals surface area (Å²) in [5.41, 5.74) is 7.59. The summed E-state index contributed by atoms with van der Waals surface area (Å²) in [6.07, 6.45) is 2.57. The van der Waals surface area contributed by atoms with Crippen molar-refractivity contribution in [3.63, 3.8) is 0 Å². The van der Waals surface area contributed by atoms with Crippen molar-refractivity contribution in [2.45, 2.75) is 25.3 Å². The Hall–Kier alpha value is -1.06. The molecule has 0 saturated carbocycles. The smallest absolute Gasteiger partial charge is 0.0650 e. The molecule has 1 aromatic carbocycles. The van der Waals surface area contributed by atoms with Gasteiger partial charge in [0.15, 0.2) is 0 Å². The van der Waals surface area contributed by atoms with Crippen molar-refractivity contribution in [1.29, 1.82) is 0 Å². The van der Waals surface area contributed by atoms with Crippen molar-refractivity contribution in [2.75, 3.05) is 24.6 Å². The summed E-state index contributed by atoms with van der Waals surface area (Å²) in [5, 5.41) is 9.19. The summed E-state index contributed by atoms with van der Waals surface area (Å²) in [5.74, 6) is 0. The van der Waals surface area contributed by atoms with Crippen LogP contribution in [-0.2, 0) is 5.54 Å². The predicted molar refractivity (Wildman–Crippen MR) is 66.5 cm³/mol. The predicted octanol–water partition coefficient (Wildman–Crippen LogP) is 1.45. The van der Waals surface area contributed by atoms with Crippen LogP contribution in [0.4, 0.5) is 5.69 Å². The topological polar surface area (TPSA) is 49.5 Å². The van der Waals surface area contributed by atoms with Crippen LogP contribution in [-0.4, -0.2) is 24.8 Å². The van der Waals surface area contributed by atoms with Crippen molar-refractivity contribution in [2.24, 2.45) is 5.73 Å². The molecule has 1 aliphatic rings. The van der Waals surface area contributed by atoms with Gasteiger partial charge in [0.1, 0.15) is 0 Å². The van der Waals surface area contributed by atoms with E-state index in [0.29, 0.717) is 0 Å². The van der Waals surface area contributed by atoms with E-state index in [1.165, 1.54) is 18.5 Å². The first-order valence-corrected chi connectivity index (χ1v) is 5.89. The quantitative estimate of drug-likeness (QED) is 0.810. The second-order valence-electron chi connectivity index (χ2n) is 4.82. The van der Waals surface area contributed by atoms with E-state index in [2.05, 4.69) is 17.0 Å². The zero-order valence-corrected chi connectivity index (χ0v) is 9.82. The highest BCUT2D eigenvalue weighted by molar-refractivity contribution is 5.49. The lowest BCUT2D eigenvalue weighted by atomic mass is 9.94. The van der Waals surface area contributed by atoms with Crippen LogP contribution in [0.2, 0.25) is 0 Å². The molecule has 1 fully saturated rings. The summed E-state index contributed by atoms with van der Waals surface area (Å²) in [4.78, 5) is 2.39. The van der Waals surface area contributed by atoms with Crippen LogP contribution in [0.15, 0.2) is 24.3 Å². The fourth-order valence-electron chi connectivity index (χ4n) is 2.12. The molecule has 1 aromatic rings. The minimum absolute atomic E-state index is 0.0317. The lowest BCUT2D eigenvalue weighted by Gasteiger charge is -2.24. The fourth-order valence-corrected chi connectivity index (χ4v) is 2.12. The van der Waals surface area contributed by atoms with Gasteiger partial charge in [0, 0.05) is 18.8 Å². The Balaban J connectivity index is 2.15. The zero-order valence-electron chi connectivity index (χ0n) is 9.82. The van der Waals surface area contributed by atoms with E-state index in [0.717, 1.165) is 18.7 Å². The number of benzene rings is 1. The standard InChI is InChI=1S/C13H20N2O/c1-13(14,10-16)11-4-6-12(7-5-11)15-8-2-3-9-15/h4-7,16H,2-3,8-10,14H2,1H3. The van der Waals surface area contributed by atoms with Gasteiger partial charge in [0.2, 0.25) is 0 Å². The van der Waals surface area contributed by atoms with Gasteiger partial charge in [-0.15, -0.1) is 0 Å². The third kappa shape index (κ3) is 2.20. The van der Waals surface area contributed by atoms with Crippen molar-refractivity contribution >= 4 is 5.69 Å². The number of nitrogens with zero attached hydrogens (tertiary/aromatic N) is 1. The lowest BCUT2D eigenvalue weighted by Crippen LogP contribution is -2.36. The van der Waals surface area contributed by atoms with Crippen LogP contribution in [0.1, 0.15) is 25.3 Å². The molecule has 1 atom stereocenters. The zero-order chi connectivity index (χ0) is 11.6. The van der Waals surface area contributed by atoms with E-state index in [4.69, 9.17) is 5.73 Å².